The van der Waals surface area contributed by atoms with Gasteiger partial charge in [-0.1, -0.05) is 13.8 Å². The highest BCUT2D eigenvalue weighted by Crippen LogP contribution is 1.85. The van der Waals surface area contributed by atoms with Crippen molar-refractivity contribution < 1.29 is 14.3 Å². The summed E-state index contributed by atoms with van der Waals surface area (Å²) in [6.45, 7) is 7.29. The van der Waals surface area contributed by atoms with Gasteiger partial charge in [0, 0.05) is 26.2 Å². The molecule has 0 aliphatic rings. The Balaban J connectivity index is 3.11. The highest BCUT2D eigenvalue weighted by molar-refractivity contribution is 5.75. The van der Waals surface area contributed by atoms with Gasteiger partial charge in [0.25, 0.3) is 0 Å². The van der Waals surface area contributed by atoms with E-state index in [1.54, 1.807) is 0 Å². The number of rotatable bonds is 10. The second kappa shape index (κ2) is 11.5. The predicted molar refractivity (Wildman–Crippen MR) is 59.8 cm³/mol. The van der Waals surface area contributed by atoms with Gasteiger partial charge >= 0.3 is 0 Å². The second-order valence-electron chi connectivity index (χ2n) is 3.32. The number of hydrogen-bond acceptors (Lipinski definition) is 3. The quantitative estimate of drug-likeness (QED) is 0.562. The van der Waals surface area contributed by atoms with E-state index in [0.29, 0.717) is 26.2 Å². The lowest BCUT2D eigenvalue weighted by atomic mass is 10.4. The molecule has 0 saturated heterocycles. The van der Waals surface area contributed by atoms with Crippen molar-refractivity contribution in [3.63, 3.8) is 0 Å². The maximum absolute atomic E-state index is 11.2. The van der Waals surface area contributed by atoms with Crippen molar-refractivity contribution >= 4 is 5.91 Å². The number of nitrogens with one attached hydrogen (secondary N) is 1. The molecule has 90 valence electrons. The van der Waals surface area contributed by atoms with Crippen LogP contribution in [0, 0.1) is 0 Å². The fourth-order valence-corrected chi connectivity index (χ4v) is 1.01. The van der Waals surface area contributed by atoms with E-state index in [4.69, 9.17) is 9.47 Å². The molecule has 0 rings (SSSR count). The van der Waals surface area contributed by atoms with Gasteiger partial charge in [-0.15, -0.1) is 0 Å². The standard InChI is InChI=1S/C11H23NO3/c1-3-7-14-9-5-11(13)12-6-10-15-8-4-2/h3-10H2,1-2H3,(H,12,13). The first-order valence-electron chi connectivity index (χ1n) is 5.73. The maximum Gasteiger partial charge on any atom is 0.222 e. The molecule has 1 N–H and O–H groups in total. The van der Waals surface area contributed by atoms with Gasteiger partial charge in [-0.2, -0.15) is 0 Å². The van der Waals surface area contributed by atoms with Crippen LogP contribution in [-0.4, -0.2) is 38.9 Å². The Morgan fingerprint density at radius 2 is 1.60 bits per heavy atom. The van der Waals surface area contributed by atoms with Crippen molar-refractivity contribution in [1.29, 1.82) is 0 Å². The van der Waals surface area contributed by atoms with Crippen molar-refractivity contribution in [2.45, 2.75) is 33.1 Å². The fraction of sp³-hybridized carbons (Fsp3) is 0.909. The highest BCUT2D eigenvalue weighted by atomic mass is 16.5. The zero-order valence-corrected chi connectivity index (χ0v) is 9.88. The Morgan fingerprint density at radius 1 is 1.00 bits per heavy atom. The molecule has 0 radical (unpaired) electrons. The Labute approximate surface area is 92.3 Å². The van der Waals surface area contributed by atoms with Gasteiger partial charge in [0.2, 0.25) is 5.91 Å². The Bertz CT molecular complexity index is 151. The van der Waals surface area contributed by atoms with Crippen LogP contribution in [-0.2, 0) is 14.3 Å². The van der Waals surface area contributed by atoms with Crippen molar-refractivity contribution in [2.75, 3.05) is 33.0 Å². The molecule has 1 amide bonds. The maximum atomic E-state index is 11.2. The van der Waals surface area contributed by atoms with E-state index < -0.39 is 0 Å². The summed E-state index contributed by atoms with van der Waals surface area (Å²) >= 11 is 0. The topological polar surface area (TPSA) is 47.6 Å². The van der Waals surface area contributed by atoms with E-state index in [-0.39, 0.29) is 5.91 Å². The van der Waals surface area contributed by atoms with Crippen LogP contribution in [0.3, 0.4) is 0 Å². The third-order valence-corrected chi connectivity index (χ3v) is 1.74. The lowest BCUT2D eigenvalue weighted by Gasteiger charge is -2.06. The third-order valence-electron chi connectivity index (χ3n) is 1.74. The normalized spacial score (nSPS) is 10.3. The molecule has 0 bridgehead atoms. The Hall–Kier alpha value is -0.610. The summed E-state index contributed by atoms with van der Waals surface area (Å²) in [5.74, 6) is 0.0335. The smallest absolute Gasteiger partial charge is 0.222 e. The average Bonchev–Trinajstić information content (AvgIpc) is 2.24. The Kier molecular flexibility index (Phi) is 11.0. The van der Waals surface area contributed by atoms with Crippen LogP contribution in [0.15, 0.2) is 0 Å². The summed E-state index contributed by atoms with van der Waals surface area (Å²) in [6, 6.07) is 0. The molecule has 0 aromatic heterocycles. The minimum atomic E-state index is 0.0335. The molecule has 0 atom stereocenters. The van der Waals surface area contributed by atoms with E-state index in [2.05, 4.69) is 12.2 Å². The van der Waals surface area contributed by atoms with Crippen molar-refractivity contribution in [3.8, 4) is 0 Å². The molecule has 0 aliphatic heterocycles. The van der Waals surface area contributed by atoms with Gasteiger partial charge in [-0.3, -0.25) is 4.79 Å². The van der Waals surface area contributed by atoms with Gasteiger partial charge in [0.15, 0.2) is 0 Å². The summed E-state index contributed by atoms with van der Waals surface area (Å²) in [6.07, 6.45) is 2.44. The van der Waals surface area contributed by atoms with Gasteiger partial charge in [-0.05, 0) is 12.8 Å². The number of amides is 1. The van der Waals surface area contributed by atoms with E-state index in [1.807, 2.05) is 6.92 Å². The average molecular weight is 217 g/mol. The minimum Gasteiger partial charge on any atom is -0.381 e. The first kappa shape index (κ1) is 14.4. The number of ether oxygens (including phenoxy) is 2. The van der Waals surface area contributed by atoms with Crippen LogP contribution in [0.5, 0.6) is 0 Å². The van der Waals surface area contributed by atoms with Crippen LogP contribution in [0.2, 0.25) is 0 Å². The monoisotopic (exact) mass is 217 g/mol. The summed E-state index contributed by atoms with van der Waals surface area (Å²) in [4.78, 5) is 11.2. The summed E-state index contributed by atoms with van der Waals surface area (Å²) in [7, 11) is 0. The largest absolute Gasteiger partial charge is 0.381 e. The van der Waals surface area contributed by atoms with Crippen LogP contribution >= 0.6 is 0 Å². The zero-order valence-electron chi connectivity index (χ0n) is 9.88. The van der Waals surface area contributed by atoms with Crippen molar-refractivity contribution in [2.24, 2.45) is 0 Å². The van der Waals surface area contributed by atoms with Gasteiger partial charge in [0.1, 0.15) is 0 Å². The summed E-state index contributed by atoms with van der Waals surface area (Å²) in [5.41, 5.74) is 0. The lowest BCUT2D eigenvalue weighted by Crippen LogP contribution is -2.28. The molecule has 0 spiro atoms. The van der Waals surface area contributed by atoms with Gasteiger partial charge in [-0.25, -0.2) is 0 Å². The molecule has 0 saturated carbocycles. The molecule has 15 heavy (non-hydrogen) atoms. The van der Waals surface area contributed by atoms with Crippen molar-refractivity contribution in [3.05, 3.63) is 0 Å². The number of carbonyl (C=O) groups is 1. The first-order chi connectivity index (χ1) is 7.31. The van der Waals surface area contributed by atoms with Crippen LogP contribution < -0.4 is 5.32 Å². The number of hydrogen-bond donors (Lipinski definition) is 1. The first-order valence-corrected chi connectivity index (χ1v) is 5.73. The molecular formula is C11H23NO3. The lowest BCUT2D eigenvalue weighted by molar-refractivity contribution is -0.122. The molecule has 0 aromatic rings. The van der Waals surface area contributed by atoms with Crippen LogP contribution in [0.4, 0.5) is 0 Å². The van der Waals surface area contributed by atoms with E-state index in [1.165, 1.54) is 0 Å². The predicted octanol–water partition coefficient (Wildman–Crippen LogP) is 1.35. The summed E-state index contributed by atoms with van der Waals surface area (Å²) in [5, 5.41) is 2.77. The minimum absolute atomic E-state index is 0.0335. The van der Waals surface area contributed by atoms with E-state index in [0.717, 1.165) is 26.1 Å². The Morgan fingerprint density at radius 3 is 2.20 bits per heavy atom. The molecule has 4 nitrogen and oxygen atoms in total. The molecule has 0 heterocycles. The zero-order chi connectivity index (χ0) is 11.4. The van der Waals surface area contributed by atoms with E-state index in [9.17, 15) is 4.79 Å². The second-order valence-corrected chi connectivity index (χ2v) is 3.32. The molecule has 0 unspecified atom stereocenters. The SMILES string of the molecule is CCCOCCNC(=O)CCOCCC. The van der Waals surface area contributed by atoms with E-state index >= 15 is 0 Å². The third kappa shape index (κ3) is 11.3. The van der Waals surface area contributed by atoms with Gasteiger partial charge < -0.3 is 14.8 Å². The van der Waals surface area contributed by atoms with Crippen molar-refractivity contribution in [1.82, 2.24) is 5.32 Å². The molecule has 0 fully saturated rings. The fourth-order valence-electron chi connectivity index (χ4n) is 1.01. The molecular weight excluding hydrogens is 194 g/mol. The summed E-state index contributed by atoms with van der Waals surface area (Å²) < 4.78 is 10.4. The molecule has 4 heteroatoms. The molecule has 0 aliphatic carbocycles. The van der Waals surface area contributed by atoms with Crippen LogP contribution in [0.1, 0.15) is 33.1 Å². The van der Waals surface area contributed by atoms with Crippen LogP contribution in [0.25, 0.3) is 0 Å². The number of carbonyl (C=O) groups excluding carboxylic acids is 1. The highest BCUT2D eigenvalue weighted by Gasteiger charge is 1.99. The molecule has 0 aromatic carbocycles. The van der Waals surface area contributed by atoms with Gasteiger partial charge in [0.05, 0.1) is 13.2 Å².